The summed E-state index contributed by atoms with van der Waals surface area (Å²) in [6, 6.07) is 6.29. The third-order valence-corrected chi connectivity index (χ3v) is 1.94. The van der Waals surface area contributed by atoms with Gasteiger partial charge in [-0.2, -0.15) is 0 Å². The van der Waals surface area contributed by atoms with Crippen molar-refractivity contribution in [3.63, 3.8) is 0 Å². The molecule has 0 aromatic heterocycles. The van der Waals surface area contributed by atoms with Crippen LogP contribution >= 0.6 is 0 Å². The van der Waals surface area contributed by atoms with E-state index in [1.54, 1.807) is 25.1 Å². The van der Waals surface area contributed by atoms with Crippen molar-refractivity contribution in [3.05, 3.63) is 35.6 Å². The molecule has 0 aliphatic heterocycles. The van der Waals surface area contributed by atoms with Crippen LogP contribution in [0.5, 0.6) is 0 Å². The SMILES string of the molecule is CO[C@H](c1ccccc1F)[C@H](C)N. The second kappa shape index (κ2) is 4.35. The lowest BCUT2D eigenvalue weighted by molar-refractivity contribution is 0.0823. The second-order valence-electron chi connectivity index (χ2n) is 3.04. The summed E-state index contributed by atoms with van der Waals surface area (Å²) in [5.41, 5.74) is 6.17. The molecule has 13 heavy (non-hydrogen) atoms. The normalized spacial score (nSPS) is 15.4. The Morgan fingerprint density at radius 2 is 2.00 bits per heavy atom. The molecule has 2 nitrogen and oxygen atoms in total. The molecule has 1 rings (SSSR count). The molecule has 0 amide bonds. The lowest BCUT2D eigenvalue weighted by Crippen LogP contribution is -2.26. The molecule has 3 heteroatoms. The lowest BCUT2D eigenvalue weighted by atomic mass is 10.0. The average molecular weight is 183 g/mol. The van der Waals surface area contributed by atoms with Crippen molar-refractivity contribution in [2.24, 2.45) is 5.73 Å². The molecule has 0 spiro atoms. The molecule has 0 bridgehead atoms. The molecule has 0 heterocycles. The van der Waals surface area contributed by atoms with E-state index < -0.39 is 0 Å². The third-order valence-electron chi connectivity index (χ3n) is 1.94. The minimum absolute atomic E-state index is 0.220. The summed E-state index contributed by atoms with van der Waals surface area (Å²) in [5, 5.41) is 0. The Hall–Kier alpha value is -0.930. The summed E-state index contributed by atoms with van der Waals surface area (Å²) in [7, 11) is 1.53. The highest BCUT2D eigenvalue weighted by Crippen LogP contribution is 2.21. The van der Waals surface area contributed by atoms with Crippen molar-refractivity contribution in [2.45, 2.75) is 19.1 Å². The quantitative estimate of drug-likeness (QED) is 0.776. The number of hydrogen-bond acceptors (Lipinski definition) is 2. The van der Waals surface area contributed by atoms with Gasteiger partial charge in [0.2, 0.25) is 0 Å². The van der Waals surface area contributed by atoms with Crippen LogP contribution in [0, 0.1) is 5.82 Å². The summed E-state index contributed by atoms with van der Waals surface area (Å²) in [4.78, 5) is 0. The fourth-order valence-corrected chi connectivity index (χ4v) is 1.33. The Labute approximate surface area is 77.5 Å². The van der Waals surface area contributed by atoms with Gasteiger partial charge in [0, 0.05) is 18.7 Å². The highest BCUT2D eigenvalue weighted by Gasteiger charge is 2.18. The predicted octanol–water partition coefficient (Wildman–Crippen LogP) is 1.86. The first kappa shape index (κ1) is 10.2. The molecule has 0 radical (unpaired) electrons. The monoisotopic (exact) mass is 183 g/mol. The summed E-state index contributed by atoms with van der Waals surface area (Å²) < 4.78 is 18.4. The van der Waals surface area contributed by atoms with Crippen molar-refractivity contribution in [1.82, 2.24) is 0 Å². The van der Waals surface area contributed by atoms with Crippen LogP contribution in [0.2, 0.25) is 0 Å². The van der Waals surface area contributed by atoms with E-state index in [1.165, 1.54) is 13.2 Å². The molecular weight excluding hydrogens is 169 g/mol. The van der Waals surface area contributed by atoms with Gasteiger partial charge < -0.3 is 10.5 Å². The Morgan fingerprint density at radius 1 is 1.38 bits per heavy atom. The van der Waals surface area contributed by atoms with E-state index in [0.717, 1.165) is 0 Å². The van der Waals surface area contributed by atoms with Crippen molar-refractivity contribution >= 4 is 0 Å². The molecule has 0 fully saturated rings. The van der Waals surface area contributed by atoms with E-state index in [-0.39, 0.29) is 18.0 Å². The minimum Gasteiger partial charge on any atom is -0.375 e. The van der Waals surface area contributed by atoms with Gasteiger partial charge in [0.1, 0.15) is 5.82 Å². The van der Waals surface area contributed by atoms with Crippen molar-refractivity contribution in [2.75, 3.05) is 7.11 Å². The van der Waals surface area contributed by atoms with Crippen LogP contribution in [0.15, 0.2) is 24.3 Å². The van der Waals surface area contributed by atoms with Gasteiger partial charge in [0.25, 0.3) is 0 Å². The van der Waals surface area contributed by atoms with Gasteiger partial charge in [-0.25, -0.2) is 4.39 Å². The highest BCUT2D eigenvalue weighted by molar-refractivity contribution is 5.21. The summed E-state index contributed by atoms with van der Waals surface area (Å²) >= 11 is 0. The summed E-state index contributed by atoms with van der Waals surface area (Å²) in [5.74, 6) is -0.272. The molecule has 72 valence electrons. The Balaban J connectivity index is 2.97. The van der Waals surface area contributed by atoms with E-state index in [1.807, 2.05) is 0 Å². The first-order valence-electron chi connectivity index (χ1n) is 4.19. The first-order valence-corrected chi connectivity index (χ1v) is 4.19. The van der Waals surface area contributed by atoms with Gasteiger partial charge >= 0.3 is 0 Å². The number of methoxy groups -OCH3 is 1. The van der Waals surface area contributed by atoms with E-state index >= 15 is 0 Å². The zero-order valence-electron chi connectivity index (χ0n) is 7.83. The fourth-order valence-electron chi connectivity index (χ4n) is 1.33. The maximum absolute atomic E-state index is 13.3. The van der Waals surface area contributed by atoms with E-state index in [4.69, 9.17) is 10.5 Å². The minimum atomic E-state index is -0.374. The molecule has 1 aromatic rings. The Kier molecular flexibility index (Phi) is 3.39. The number of ether oxygens (including phenoxy) is 1. The number of halogens is 1. The average Bonchev–Trinajstić information content (AvgIpc) is 2.09. The maximum Gasteiger partial charge on any atom is 0.129 e. The van der Waals surface area contributed by atoms with Gasteiger partial charge in [0.15, 0.2) is 0 Å². The van der Waals surface area contributed by atoms with E-state index in [2.05, 4.69) is 0 Å². The van der Waals surface area contributed by atoms with Gasteiger partial charge in [-0.3, -0.25) is 0 Å². The lowest BCUT2D eigenvalue weighted by Gasteiger charge is -2.19. The second-order valence-corrected chi connectivity index (χ2v) is 3.04. The third kappa shape index (κ3) is 2.26. The zero-order valence-corrected chi connectivity index (χ0v) is 7.83. The standard InChI is InChI=1S/C10H14FNO/c1-7(12)10(13-2)8-5-3-4-6-9(8)11/h3-7,10H,12H2,1-2H3/t7-,10-/m0/s1. The number of rotatable bonds is 3. The molecule has 1 aromatic carbocycles. The van der Waals surface area contributed by atoms with Crippen LogP contribution in [0.4, 0.5) is 4.39 Å². The largest absolute Gasteiger partial charge is 0.375 e. The molecule has 2 N–H and O–H groups in total. The fraction of sp³-hybridized carbons (Fsp3) is 0.400. The van der Waals surface area contributed by atoms with Crippen LogP contribution in [0.25, 0.3) is 0 Å². The van der Waals surface area contributed by atoms with Crippen LogP contribution in [-0.4, -0.2) is 13.2 Å². The Morgan fingerprint density at radius 3 is 2.46 bits per heavy atom. The summed E-state index contributed by atoms with van der Waals surface area (Å²) in [6.45, 7) is 1.79. The number of hydrogen-bond donors (Lipinski definition) is 1. The predicted molar refractivity (Wildman–Crippen MR) is 49.8 cm³/mol. The van der Waals surface area contributed by atoms with Gasteiger partial charge in [-0.15, -0.1) is 0 Å². The molecule has 0 saturated heterocycles. The summed E-state index contributed by atoms with van der Waals surface area (Å²) in [6.07, 6.45) is -0.374. The number of benzene rings is 1. The molecule has 0 aliphatic carbocycles. The molecule has 0 aliphatic rings. The van der Waals surface area contributed by atoms with Crippen molar-refractivity contribution < 1.29 is 9.13 Å². The Bertz CT molecular complexity index is 275. The molecule has 0 saturated carbocycles. The van der Waals surface area contributed by atoms with E-state index in [0.29, 0.717) is 5.56 Å². The van der Waals surface area contributed by atoms with Gasteiger partial charge in [-0.1, -0.05) is 18.2 Å². The van der Waals surface area contributed by atoms with Crippen molar-refractivity contribution in [3.8, 4) is 0 Å². The maximum atomic E-state index is 13.3. The van der Waals surface area contributed by atoms with E-state index in [9.17, 15) is 4.39 Å². The topological polar surface area (TPSA) is 35.2 Å². The molecule has 0 unspecified atom stereocenters. The van der Waals surface area contributed by atoms with Crippen LogP contribution in [-0.2, 0) is 4.74 Å². The molecule has 2 atom stereocenters. The van der Waals surface area contributed by atoms with Crippen molar-refractivity contribution in [1.29, 1.82) is 0 Å². The van der Waals surface area contributed by atoms with Crippen LogP contribution < -0.4 is 5.73 Å². The van der Waals surface area contributed by atoms with Crippen LogP contribution in [0.1, 0.15) is 18.6 Å². The van der Waals surface area contributed by atoms with Gasteiger partial charge in [0.05, 0.1) is 6.10 Å². The van der Waals surface area contributed by atoms with Crippen LogP contribution in [0.3, 0.4) is 0 Å². The zero-order chi connectivity index (χ0) is 9.84. The first-order chi connectivity index (χ1) is 6.16. The van der Waals surface area contributed by atoms with Gasteiger partial charge in [-0.05, 0) is 13.0 Å². The number of nitrogens with two attached hydrogens (primary N) is 1. The molecular formula is C10H14FNO. The highest BCUT2D eigenvalue weighted by atomic mass is 19.1. The smallest absolute Gasteiger partial charge is 0.129 e.